The molecule has 2 N–H and O–H groups in total. The summed E-state index contributed by atoms with van der Waals surface area (Å²) in [6.07, 6.45) is 4.47. The normalized spacial score (nSPS) is 18.7. The first-order valence-corrected chi connectivity index (χ1v) is 8.17. The van der Waals surface area contributed by atoms with Gasteiger partial charge in [-0.3, -0.25) is 4.79 Å². The van der Waals surface area contributed by atoms with E-state index in [0.717, 1.165) is 24.8 Å². The number of rotatable bonds is 6. The molecule has 1 saturated carbocycles. The van der Waals surface area contributed by atoms with Crippen molar-refractivity contribution < 1.29 is 14.6 Å². The van der Waals surface area contributed by atoms with Crippen molar-refractivity contribution in [1.82, 2.24) is 5.32 Å². The zero-order valence-electron chi connectivity index (χ0n) is 13.0. The Labute approximate surface area is 136 Å². The fourth-order valence-corrected chi connectivity index (χ4v) is 3.20. The van der Waals surface area contributed by atoms with Crippen LogP contribution in [0.1, 0.15) is 50.2 Å². The summed E-state index contributed by atoms with van der Waals surface area (Å²) in [7, 11) is 1.60. The van der Waals surface area contributed by atoms with Crippen LogP contribution in [-0.2, 0) is 9.53 Å². The maximum absolute atomic E-state index is 12.1. The van der Waals surface area contributed by atoms with Crippen LogP contribution >= 0.6 is 11.6 Å². The zero-order valence-corrected chi connectivity index (χ0v) is 13.7. The average molecular weight is 326 g/mol. The number of nitrogens with one attached hydrogen (secondary N) is 1. The summed E-state index contributed by atoms with van der Waals surface area (Å²) in [6, 6.07) is 7.41. The van der Waals surface area contributed by atoms with Gasteiger partial charge in [0.15, 0.2) is 0 Å². The quantitative estimate of drug-likeness (QED) is 0.844. The highest BCUT2D eigenvalue weighted by molar-refractivity contribution is 6.30. The number of aliphatic hydroxyl groups is 1. The topological polar surface area (TPSA) is 58.6 Å². The van der Waals surface area contributed by atoms with Crippen molar-refractivity contribution in [2.75, 3.05) is 13.7 Å². The van der Waals surface area contributed by atoms with Gasteiger partial charge in [0.2, 0.25) is 5.91 Å². The van der Waals surface area contributed by atoms with Crippen molar-refractivity contribution >= 4 is 17.5 Å². The molecule has 2 rings (SSSR count). The molecular weight excluding hydrogens is 302 g/mol. The van der Waals surface area contributed by atoms with E-state index < -0.39 is 5.60 Å². The molecule has 0 aliphatic heterocycles. The van der Waals surface area contributed by atoms with Crippen molar-refractivity contribution in [3.05, 3.63) is 34.9 Å². The first kappa shape index (κ1) is 17.3. The van der Waals surface area contributed by atoms with Crippen molar-refractivity contribution in [3.63, 3.8) is 0 Å². The first-order chi connectivity index (χ1) is 10.5. The number of amides is 1. The Hall–Kier alpha value is -1.10. The summed E-state index contributed by atoms with van der Waals surface area (Å²) in [5.41, 5.74) is 0.0905. The summed E-state index contributed by atoms with van der Waals surface area (Å²) in [4.78, 5) is 12.1. The van der Waals surface area contributed by atoms with Crippen LogP contribution in [-0.4, -0.2) is 30.3 Å². The van der Waals surface area contributed by atoms with Crippen LogP contribution in [0.5, 0.6) is 0 Å². The van der Waals surface area contributed by atoms with Gasteiger partial charge in [-0.25, -0.2) is 0 Å². The summed E-state index contributed by atoms with van der Waals surface area (Å²) in [5, 5.41) is 13.9. The van der Waals surface area contributed by atoms with Gasteiger partial charge in [-0.1, -0.05) is 43.0 Å². The number of benzene rings is 1. The van der Waals surface area contributed by atoms with Crippen molar-refractivity contribution in [2.24, 2.45) is 0 Å². The van der Waals surface area contributed by atoms with Crippen molar-refractivity contribution in [2.45, 2.75) is 50.2 Å². The number of carbonyl (C=O) groups is 1. The number of methoxy groups -OCH3 is 1. The molecule has 0 heterocycles. The van der Waals surface area contributed by atoms with Crippen LogP contribution in [0.4, 0.5) is 0 Å². The molecule has 1 aliphatic carbocycles. The molecule has 122 valence electrons. The van der Waals surface area contributed by atoms with Gasteiger partial charge in [0, 0.05) is 18.7 Å². The molecule has 1 fully saturated rings. The third-order valence-corrected chi connectivity index (χ3v) is 4.50. The minimum Gasteiger partial charge on any atom is -0.389 e. The van der Waals surface area contributed by atoms with Crippen molar-refractivity contribution in [3.8, 4) is 0 Å². The summed E-state index contributed by atoms with van der Waals surface area (Å²) in [5.74, 6) is -0.131. The van der Waals surface area contributed by atoms with Gasteiger partial charge in [0.1, 0.15) is 0 Å². The molecule has 1 unspecified atom stereocenters. The lowest BCUT2D eigenvalue weighted by molar-refractivity contribution is -0.128. The molecule has 0 bridgehead atoms. The second-order valence-electron chi connectivity index (χ2n) is 6.05. The van der Waals surface area contributed by atoms with E-state index in [2.05, 4.69) is 5.32 Å². The van der Waals surface area contributed by atoms with E-state index in [1.54, 1.807) is 13.2 Å². The molecule has 1 aliphatic rings. The van der Waals surface area contributed by atoms with E-state index in [1.807, 2.05) is 18.2 Å². The summed E-state index contributed by atoms with van der Waals surface area (Å²) < 4.78 is 5.42. The molecule has 0 spiro atoms. The Kier molecular flexibility index (Phi) is 6.24. The highest BCUT2D eigenvalue weighted by atomic mass is 35.5. The molecule has 22 heavy (non-hydrogen) atoms. The molecule has 5 heteroatoms. The molecule has 1 aromatic carbocycles. The smallest absolute Gasteiger partial charge is 0.222 e. The standard InChI is InChI=1S/C17H24ClNO3/c1-22-15(13-6-5-7-14(18)10-13)12-19-16(20)11-17(21)8-3-2-4-9-17/h5-7,10,15,21H,2-4,8-9,11-12H2,1H3,(H,19,20). The maximum Gasteiger partial charge on any atom is 0.222 e. The molecule has 1 aromatic rings. The maximum atomic E-state index is 12.1. The molecule has 1 amide bonds. The number of hydrogen-bond donors (Lipinski definition) is 2. The van der Waals surface area contributed by atoms with Crippen LogP contribution < -0.4 is 5.32 Å². The van der Waals surface area contributed by atoms with Gasteiger partial charge in [-0.15, -0.1) is 0 Å². The number of carbonyl (C=O) groups excluding carboxylic acids is 1. The van der Waals surface area contributed by atoms with Crippen molar-refractivity contribution in [1.29, 1.82) is 0 Å². The third kappa shape index (κ3) is 4.97. The highest BCUT2D eigenvalue weighted by Crippen LogP contribution is 2.30. The Balaban J connectivity index is 1.86. The van der Waals surface area contributed by atoms with Gasteiger partial charge in [-0.05, 0) is 30.5 Å². The molecule has 1 atom stereocenters. The molecule has 0 radical (unpaired) electrons. The molecule has 0 saturated heterocycles. The van der Waals surface area contributed by atoms with Crippen LogP contribution in [0, 0.1) is 0 Å². The number of halogens is 1. The second-order valence-corrected chi connectivity index (χ2v) is 6.48. The van der Waals surface area contributed by atoms with Gasteiger partial charge in [0.05, 0.1) is 18.1 Å². The zero-order chi connectivity index (χ0) is 16.0. The Morgan fingerprint density at radius 2 is 2.14 bits per heavy atom. The predicted octanol–water partition coefficient (Wildman–Crippen LogP) is 3.23. The van der Waals surface area contributed by atoms with Crippen LogP contribution in [0.2, 0.25) is 5.02 Å². The predicted molar refractivity (Wildman–Crippen MR) is 86.9 cm³/mol. The summed E-state index contributed by atoms with van der Waals surface area (Å²) in [6.45, 7) is 0.367. The lowest BCUT2D eigenvalue weighted by Crippen LogP contribution is -2.39. The minimum absolute atomic E-state index is 0.131. The van der Waals surface area contributed by atoms with Gasteiger partial charge < -0.3 is 15.2 Å². The number of ether oxygens (including phenoxy) is 1. The third-order valence-electron chi connectivity index (χ3n) is 4.26. The van der Waals surface area contributed by atoms with Crippen LogP contribution in [0.25, 0.3) is 0 Å². The first-order valence-electron chi connectivity index (χ1n) is 7.80. The lowest BCUT2D eigenvalue weighted by Gasteiger charge is -2.31. The summed E-state index contributed by atoms with van der Waals surface area (Å²) >= 11 is 5.98. The second kappa shape index (κ2) is 7.95. The van der Waals surface area contributed by atoms with Gasteiger partial charge in [-0.2, -0.15) is 0 Å². The lowest BCUT2D eigenvalue weighted by atomic mass is 9.82. The van der Waals surface area contributed by atoms with E-state index >= 15 is 0 Å². The van der Waals surface area contributed by atoms with Gasteiger partial charge in [0.25, 0.3) is 0 Å². The van der Waals surface area contributed by atoms with E-state index in [-0.39, 0.29) is 18.4 Å². The van der Waals surface area contributed by atoms with E-state index in [1.165, 1.54) is 0 Å². The molecule has 4 nitrogen and oxygen atoms in total. The average Bonchev–Trinajstić information content (AvgIpc) is 2.48. The monoisotopic (exact) mass is 325 g/mol. The minimum atomic E-state index is -0.832. The Morgan fingerprint density at radius 3 is 2.77 bits per heavy atom. The molecular formula is C17H24ClNO3. The number of hydrogen-bond acceptors (Lipinski definition) is 3. The highest BCUT2D eigenvalue weighted by Gasteiger charge is 2.31. The van der Waals surface area contributed by atoms with Gasteiger partial charge >= 0.3 is 0 Å². The SMILES string of the molecule is COC(CNC(=O)CC1(O)CCCCC1)c1cccc(Cl)c1. The Morgan fingerprint density at radius 1 is 1.41 bits per heavy atom. The van der Waals surface area contributed by atoms with Crippen LogP contribution in [0.15, 0.2) is 24.3 Å². The fourth-order valence-electron chi connectivity index (χ4n) is 3.00. The van der Waals surface area contributed by atoms with E-state index in [0.29, 0.717) is 24.4 Å². The molecule has 0 aromatic heterocycles. The largest absolute Gasteiger partial charge is 0.389 e. The fraction of sp³-hybridized carbons (Fsp3) is 0.588. The van der Waals surface area contributed by atoms with E-state index in [4.69, 9.17) is 16.3 Å². The Bertz CT molecular complexity index is 500. The van der Waals surface area contributed by atoms with Crippen LogP contribution in [0.3, 0.4) is 0 Å². The van der Waals surface area contributed by atoms with E-state index in [9.17, 15) is 9.90 Å².